The molecule has 0 bridgehead atoms. The maximum absolute atomic E-state index is 12.5. The molecule has 1 atom stereocenters. The highest BCUT2D eigenvalue weighted by Crippen LogP contribution is 2.24. The maximum atomic E-state index is 12.5. The molecule has 0 saturated carbocycles. The molecule has 1 aromatic heterocycles. The number of rotatable bonds is 4. The number of benzene rings is 1. The van der Waals surface area contributed by atoms with Gasteiger partial charge in [-0.1, -0.05) is 18.2 Å². The molecular weight excluding hydrogens is 340 g/mol. The minimum atomic E-state index is -1.02. The Labute approximate surface area is 149 Å². The molecule has 2 amide bonds. The third-order valence-corrected chi connectivity index (χ3v) is 5.04. The van der Waals surface area contributed by atoms with E-state index in [4.69, 9.17) is 5.11 Å². The number of hydrogen-bond acceptors (Lipinski definition) is 4. The molecule has 1 fully saturated rings. The number of amides is 2. The SMILES string of the molecule is O=C(O)c1csc(NC(=O)C2CCCN(C(=O)c3ccccc3)C2)c1. The first-order valence-corrected chi connectivity index (χ1v) is 8.89. The summed E-state index contributed by atoms with van der Waals surface area (Å²) in [5.41, 5.74) is 0.776. The molecule has 130 valence electrons. The number of carboxylic acid groups (broad SMARTS) is 1. The van der Waals surface area contributed by atoms with Crippen LogP contribution in [0.4, 0.5) is 5.00 Å². The van der Waals surface area contributed by atoms with Gasteiger partial charge in [-0.05, 0) is 31.0 Å². The fraction of sp³-hybridized carbons (Fsp3) is 0.278. The average molecular weight is 358 g/mol. The number of nitrogens with zero attached hydrogens (tertiary/aromatic N) is 1. The smallest absolute Gasteiger partial charge is 0.336 e. The van der Waals surface area contributed by atoms with E-state index in [-0.39, 0.29) is 23.3 Å². The van der Waals surface area contributed by atoms with Crippen molar-refractivity contribution in [1.29, 1.82) is 0 Å². The second-order valence-corrected chi connectivity index (χ2v) is 6.86. The van der Waals surface area contributed by atoms with Crippen LogP contribution in [-0.4, -0.2) is 40.9 Å². The second kappa shape index (κ2) is 7.48. The van der Waals surface area contributed by atoms with E-state index in [1.807, 2.05) is 18.2 Å². The Morgan fingerprint density at radius 2 is 1.92 bits per heavy atom. The molecule has 1 aliphatic heterocycles. The molecule has 2 N–H and O–H groups in total. The Morgan fingerprint density at radius 3 is 2.60 bits per heavy atom. The lowest BCUT2D eigenvalue weighted by atomic mass is 9.96. The van der Waals surface area contributed by atoms with Crippen LogP contribution in [0.15, 0.2) is 41.8 Å². The minimum absolute atomic E-state index is 0.0672. The van der Waals surface area contributed by atoms with Crippen molar-refractivity contribution in [3.63, 3.8) is 0 Å². The van der Waals surface area contributed by atoms with E-state index in [1.165, 1.54) is 22.8 Å². The maximum Gasteiger partial charge on any atom is 0.336 e. The lowest BCUT2D eigenvalue weighted by molar-refractivity contribution is -0.121. The number of anilines is 1. The summed E-state index contributed by atoms with van der Waals surface area (Å²) >= 11 is 1.18. The van der Waals surface area contributed by atoms with Crippen LogP contribution in [0.1, 0.15) is 33.6 Å². The molecule has 2 heterocycles. The molecule has 0 radical (unpaired) electrons. The van der Waals surface area contributed by atoms with Crippen molar-refractivity contribution in [3.05, 3.63) is 52.9 Å². The third kappa shape index (κ3) is 4.06. The van der Waals surface area contributed by atoms with E-state index in [1.54, 1.807) is 17.0 Å². The first-order chi connectivity index (χ1) is 12.0. The Balaban J connectivity index is 1.63. The quantitative estimate of drug-likeness (QED) is 0.880. The lowest BCUT2D eigenvalue weighted by Gasteiger charge is -2.32. The van der Waals surface area contributed by atoms with Crippen molar-refractivity contribution < 1.29 is 19.5 Å². The van der Waals surface area contributed by atoms with E-state index in [0.29, 0.717) is 30.1 Å². The second-order valence-electron chi connectivity index (χ2n) is 5.95. The molecule has 6 nitrogen and oxygen atoms in total. The van der Waals surface area contributed by atoms with Crippen LogP contribution in [-0.2, 0) is 4.79 Å². The number of aromatic carboxylic acids is 1. The summed E-state index contributed by atoms with van der Waals surface area (Å²) in [5, 5.41) is 13.7. The summed E-state index contributed by atoms with van der Waals surface area (Å²) in [4.78, 5) is 37.6. The zero-order valence-corrected chi connectivity index (χ0v) is 14.3. The van der Waals surface area contributed by atoms with Crippen molar-refractivity contribution >= 4 is 34.1 Å². The number of hydrogen-bond donors (Lipinski definition) is 2. The molecule has 0 aliphatic carbocycles. The Bertz CT molecular complexity index is 787. The van der Waals surface area contributed by atoms with Crippen LogP contribution in [0.2, 0.25) is 0 Å². The van der Waals surface area contributed by atoms with Gasteiger partial charge >= 0.3 is 5.97 Å². The summed E-state index contributed by atoms with van der Waals surface area (Å²) in [6, 6.07) is 10.5. The Hall–Kier alpha value is -2.67. The van der Waals surface area contributed by atoms with E-state index >= 15 is 0 Å². The number of likely N-dealkylation sites (tertiary alicyclic amines) is 1. The predicted molar refractivity (Wildman–Crippen MR) is 95.0 cm³/mol. The van der Waals surface area contributed by atoms with Gasteiger partial charge in [-0.2, -0.15) is 0 Å². The monoisotopic (exact) mass is 358 g/mol. The Kier molecular flexibility index (Phi) is 5.14. The van der Waals surface area contributed by atoms with Crippen LogP contribution >= 0.6 is 11.3 Å². The Morgan fingerprint density at radius 1 is 1.16 bits per heavy atom. The number of nitrogens with one attached hydrogen (secondary N) is 1. The molecular formula is C18H18N2O4S. The fourth-order valence-electron chi connectivity index (χ4n) is 2.88. The third-order valence-electron chi connectivity index (χ3n) is 4.19. The molecule has 1 saturated heterocycles. The van der Waals surface area contributed by atoms with Gasteiger partial charge < -0.3 is 15.3 Å². The van der Waals surface area contributed by atoms with Crippen molar-refractivity contribution in [1.82, 2.24) is 4.90 Å². The molecule has 1 aromatic carbocycles. The van der Waals surface area contributed by atoms with E-state index < -0.39 is 5.97 Å². The minimum Gasteiger partial charge on any atom is -0.478 e. The molecule has 1 aliphatic rings. The van der Waals surface area contributed by atoms with Gasteiger partial charge in [0, 0.05) is 24.0 Å². The number of carbonyl (C=O) groups is 3. The zero-order chi connectivity index (χ0) is 17.8. The molecule has 25 heavy (non-hydrogen) atoms. The average Bonchev–Trinajstić information content (AvgIpc) is 3.11. The number of carboxylic acids is 1. The number of thiophene rings is 1. The van der Waals surface area contributed by atoms with Crippen molar-refractivity contribution in [3.8, 4) is 0 Å². The number of piperidine rings is 1. The highest BCUT2D eigenvalue weighted by atomic mass is 32.1. The van der Waals surface area contributed by atoms with E-state index in [9.17, 15) is 14.4 Å². The van der Waals surface area contributed by atoms with Crippen LogP contribution < -0.4 is 5.32 Å². The predicted octanol–water partition coefficient (Wildman–Crippen LogP) is 2.94. The van der Waals surface area contributed by atoms with Gasteiger partial charge in [0.05, 0.1) is 16.5 Å². The van der Waals surface area contributed by atoms with Crippen LogP contribution in [0.5, 0.6) is 0 Å². The highest BCUT2D eigenvalue weighted by Gasteiger charge is 2.29. The summed E-state index contributed by atoms with van der Waals surface area (Å²) in [6.07, 6.45) is 1.48. The van der Waals surface area contributed by atoms with Gasteiger partial charge in [0.2, 0.25) is 5.91 Å². The van der Waals surface area contributed by atoms with E-state index in [2.05, 4.69) is 5.32 Å². The first kappa shape index (κ1) is 17.2. The summed E-state index contributed by atoms with van der Waals surface area (Å²) in [5.74, 6) is -1.56. The largest absolute Gasteiger partial charge is 0.478 e. The van der Waals surface area contributed by atoms with Crippen molar-refractivity contribution in [2.45, 2.75) is 12.8 Å². The highest BCUT2D eigenvalue weighted by molar-refractivity contribution is 7.14. The zero-order valence-electron chi connectivity index (χ0n) is 13.5. The van der Waals surface area contributed by atoms with Crippen molar-refractivity contribution in [2.24, 2.45) is 5.92 Å². The summed E-state index contributed by atoms with van der Waals surface area (Å²) in [7, 11) is 0. The standard InChI is InChI=1S/C18H18N2O4S/c21-16(19-15-9-14(11-25-15)18(23)24)13-7-4-8-20(10-13)17(22)12-5-2-1-3-6-12/h1-3,5-6,9,11,13H,4,7-8,10H2,(H,19,21)(H,23,24). The van der Waals surface area contributed by atoms with Gasteiger partial charge in [-0.15, -0.1) is 11.3 Å². The molecule has 3 rings (SSSR count). The molecule has 1 unspecified atom stereocenters. The molecule has 0 spiro atoms. The number of carbonyl (C=O) groups excluding carboxylic acids is 2. The van der Waals surface area contributed by atoms with Crippen molar-refractivity contribution in [2.75, 3.05) is 18.4 Å². The fourth-order valence-corrected chi connectivity index (χ4v) is 3.65. The van der Waals surface area contributed by atoms with Gasteiger partial charge in [-0.25, -0.2) is 4.79 Å². The molecule has 7 heteroatoms. The summed E-state index contributed by atoms with van der Waals surface area (Å²) < 4.78 is 0. The lowest BCUT2D eigenvalue weighted by Crippen LogP contribution is -2.43. The van der Waals surface area contributed by atoms with Gasteiger partial charge in [0.25, 0.3) is 5.91 Å². The van der Waals surface area contributed by atoms with Crippen LogP contribution in [0.25, 0.3) is 0 Å². The van der Waals surface area contributed by atoms with Crippen LogP contribution in [0, 0.1) is 5.92 Å². The molecule has 2 aromatic rings. The normalized spacial score (nSPS) is 17.1. The first-order valence-electron chi connectivity index (χ1n) is 8.01. The van der Waals surface area contributed by atoms with Gasteiger partial charge in [0.15, 0.2) is 0 Å². The van der Waals surface area contributed by atoms with Gasteiger partial charge in [-0.3, -0.25) is 9.59 Å². The van der Waals surface area contributed by atoms with Crippen LogP contribution in [0.3, 0.4) is 0 Å². The topological polar surface area (TPSA) is 86.7 Å². The van der Waals surface area contributed by atoms with E-state index in [0.717, 1.165) is 6.42 Å². The van der Waals surface area contributed by atoms with Gasteiger partial charge in [0.1, 0.15) is 0 Å². The summed E-state index contributed by atoms with van der Waals surface area (Å²) in [6.45, 7) is 1.01.